The van der Waals surface area contributed by atoms with Crippen molar-refractivity contribution < 1.29 is 17.9 Å². The van der Waals surface area contributed by atoms with Crippen LogP contribution in [0.5, 0.6) is 5.75 Å². The Morgan fingerprint density at radius 1 is 0.935 bits per heavy atom. The van der Waals surface area contributed by atoms with Gasteiger partial charge in [0.05, 0.1) is 22.7 Å². The first kappa shape index (κ1) is 22.4. The molecule has 0 aliphatic heterocycles. The molecule has 0 spiro atoms. The van der Waals surface area contributed by atoms with Crippen molar-refractivity contribution in [2.45, 2.75) is 18.7 Å². The molecular formula is C24H26N2O4S. The molecule has 6 nitrogen and oxygen atoms in total. The maximum atomic E-state index is 13.0. The standard InChI is InChI=1S/C24H26N2O4S/c1-18-12-14-20(15-13-18)31(28,29)26(3)22-10-6-5-9-21(22)24(27)25-16-17-30-23-11-7-4-8-19(23)2/h4-15H,16-17H2,1-3H3,(H,25,27). The van der Waals surface area contributed by atoms with Crippen molar-refractivity contribution in [1.82, 2.24) is 5.32 Å². The van der Waals surface area contributed by atoms with E-state index in [1.54, 1.807) is 48.5 Å². The molecule has 0 aliphatic rings. The molecule has 0 heterocycles. The Morgan fingerprint density at radius 2 is 1.58 bits per heavy atom. The van der Waals surface area contributed by atoms with E-state index in [0.717, 1.165) is 21.2 Å². The first-order valence-electron chi connectivity index (χ1n) is 9.92. The molecule has 0 saturated carbocycles. The molecule has 3 rings (SSSR count). The summed E-state index contributed by atoms with van der Waals surface area (Å²) < 4.78 is 32.9. The van der Waals surface area contributed by atoms with Gasteiger partial charge in [0.1, 0.15) is 12.4 Å². The van der Waals surface area contributed by atoms with Gasteiger partial charge in [-0.25, -0.2) is 8.42 Å². The predicted molar refractivity (Wildman–Crippen MR) is 122 cm³/mol. The van der Waals surface area contributed by atoms with Crippen LogP contribution in [0.3, 0.4) is 0 Å². The van der Waals surface area contributed by atoms with Crippen molar-refractivity contribution in [2.75, 3.05) is 24.5 Å². The maximum Gasteiger partial charge on any atom is 0.264 e. The Bertz CT molecular complexity index is 1160. The Hall–Kier alpha value is -3.32. The van der Waals surface area contributed by atoms with E-state index in [0.29, 0.717) is 12.3 Å². The van der Waals surface area contributed by atoms with Crippen molar-refractivity contribution in [1.29, 1.82) is 0 Å². The molecule has 162 valence electrons. The number of amides is 1. The summed E-state index contributed by atoms with van der Waals surface area (Å²) in [6, 6.07) is 20.9. The average molecular weight is 439 g/mol. The van der Waals surface area contributed by atoms with E-state index in [4.69, 9.17) is 4.74 Å². The average Bonchev–Trinajstić information content (AvgIpc) is 2.77. The highest BCUT2D eigenvalue weighted by Gasteiger charge is 2.24. The lowest BCUT2D eigenvalue weighted by molar-refractivity contribution is 0.0947. The van der Waals surface area contributed by atoms with E-state index < -0.39 is 10.0 Å². The molecule has 0 aliphatic carbocycles. The Balaban J connectivity index is 1.71. The fraction of sp³-hybridized carbons (Fsp3) is 0.208. The van der Waals surface area contributed by atoms with Gasteiger partial charge >= 0.3 is 0 Å². The highest BCUT2D eigenvalue weighted by Crippen LogP contribution is 2.26. The summed E-state index contributed by atoms with van der Waals surface area (Å²) in [5, 5.41) is 2.80. The first-order chi connectivity index (χ1) is 14.8. The number of hydrogen-bond donors (Lipinski definition) is 1. The third-order valence-electron chi connectivity index (χ3n) is 4.91. The van der Waals surface area contributed by atoms with Gasteiger partial charge in [-0.15, -0.1) is 0 Å². The second-order valence-electron chi connectivity index (χ2n) is 7.17. The fourth-order valence-corrected chi connectivity index (χ4v) is 4.29. The van der Waals surface area contributed by atoms with Crippen molar-refractivity contribution in [2.24, 2.45) is 0 Å². The molecule has 1 N–H and O–H groups in total. The molecule has 31 heavy (non-hydrogen) atoms. The fourth-order valence-electron chi connectivity index (χ4n) is 3.08. The van der Waals surface area contributed by atoms with E-state index in [1.165, 1.54) is 7.05 Å². The molecule has 7 heteroatoms. The molecule has 0 fully saturated rings. The van der Waals surface area contributed by atoms with E-state index >= 15 is 0 Å². The number of benzene rings is 3. The van der Waals surface area contributed by atoms with Gasteiger partial charge in [0.2, 0.25) is 0 Å². The predicted octanol–water partition coefficient (Wildman–Crippen LogP) is 3.94. The minimum Gasteiger partial charge on any atom is -0.491 e. The van der Waals surface area contributed by atoms with Crippen LogP contribution in [0, 0.1) is 13.8 Å². The van der Waals surface area contributed by atoms with Crippen LogP contribution in [0.15, 0.2) is 77.7 Å². The summed E-state index contributed by atoms with van der Waals surface area (Å²) in [4.78, 5) is 12.9. The first-order valence-corrected chi connectivity index (χ1v) is 11.4. The molecule has 0 bridgehead atoms. The minimum atomic E-state index is -3.80. The zero-order valence-electron chi connectivity index (χ0n) is 17.8. The number of nitrogens with one attached hydrogen (secondary N) is 1. The Labute approximate surface area is 183 Å². The lowest BCUT2D eigenvalue weighted by Crippen LogP contribution is -2.32. The van der Waals surface area contributed by atoms with E-state index in [2.05, 4.69) is 5.32 Å². The summed E-state index contributed by atoms with van der Waals surface area (Å²) in [6.45, 7) is 4.43. The van der Waals surface area contributed by atoms with E-state index in [9.17, 15) is 13.2 Å². The molecule has 0 radical (unpaired) electrons. The zero-order valence-corrected chi connectivity index (χ0v) is 18.6. The number of aryl methyl sites for hydroxylation is 2. The summed E-state index contributed by atoms with van der Waals surface area (Å²) >= 11 is 0. The van der Waals surface area contributed by atoms with Crippen LogP contribution in [0.4, 0.5) is 5.69 Å². The topological polar surface area (TPSA) is 75.7 Å². The number of para-hydroxylation sites is 2. The van der Waals surface area contributed by atoms with Crippen molar-refractivity contribution >= 4 is 21.6 Å². The quantitative estimate of drug-likeness (QED) is 0.541. The van der Waals surface area contributed by atoms with Gasteiger partial charge in [0, 0.05) is 7.05 Å². The molecule has 3 aromatic rings. The zero-order chi connectivity index (χ0) is 22.4. The Morgan fingerprint density at radius 3 is 2.29 bits per heavy atom. The van der Waals surface area contributed by atoms with Crippen molar-refractivity contribution in [3.63, 3.8) is 0 Å². The summed E-state index contributed by atoms with van der Waals surface area (Å²) in [5.74, 6) is 0.399. The number of sulfonamides is 1. The van der Waals surface area contributed by atoms with Crippen LogP contribution in [0.25, 0.3) is 0 Å². The smallest absolute Gasteiger partial charge is 0.264 e. The number of hydrogen-bond acceptors (Lipinski definition) is 4. The summed E-state index contributed by atoms with van der Waals surface area (Å²) in [7, 11) is -2.36. The number of ether oxygens (including phenoxy) is 1. The van der Waals surface area contributed by atoms with Gasteiger partial charge < -0.3 is 10.1 Å². The minimum absolute atomic E-state index is 0.169. The lowest BCUT2D eigenvalue weighted by Gasteiger charge is -2.22. The SMILES string of the molecule is Cc1ccc(S(=O)(=O)N(C)c2ccccc2C(=O)NCCOc2ccccc2C)cc1. The maximum absolute atomic E-state index is 13.0. The van der Waals surface area contributed by atoms with Crippen LogP contribution in [0.1, 0.15) is 21.5 Å². The normalized spacial score (nSPS) is 11.1. The Kier molecular flexibility index (Phi) is 6.97. The third kappa shape index (κ3) is 5.24. The number of nitrogens with zero attached hydrogens (tertiary/aromatic N) is 1. The molecule has 1 amide bonds. The van der Waals surface area contributed by atoms with Crippen LogP contribution >= 0.6 is 0 Å². The highest BCUT2D eigenvalue weighted by atomic mass is 32.2. The van der Waals surface area contributed by atoms with Crippen LogP contribution in [-0.4, -0.2) is 34.5 Å². The van der Waals surface area contributed by atoms with Gasteiger partial charge in [-0.05, 0) is 49.7 Å². The number of anilines is 1. The van der Waals surface area contributed by atoms with Gasteiger partial charge in [0.25, 0.3) is 15.9 Å². The monoisotopic (exact) mass is 438 g/mol. The molecule has 3 aromatic carbocycles. The number of carbonyl (C=O) groups is 1. The number of rotatable bonds is 8. The summed E-state index contributed by atoms with van der Waals surface area (Å²) in [5.41, 5.74) is 2.56. The second kappa shape index (κ2) is 9.66. The second-order valence-corrected chi connectivity index (χ2v) is 9.14. The molecule has 0 unspecified atom stereocenters. The van der Waals surface area contributed by atoms with Crippen LogP contribution in [-0.2, 0) is 10.0 Å². The van der Waals surface area contributed by atoms with E-state index in [-0.39, 0.29) is 22.9 Å². The highest BCUT2D eigenvalue weighted by molar-refractivity contribution is 7.92. The lowest BCUT2D eigenvalue weighted by atomic mass is 10.1. The molecule has 0 saturated heterocycles. The molecule has 0 atom stereocenters. The molecular weight excluding hydrogens is 412 g/mol. The van der Waals surface area contributed by atoms with Crippen molar-refractivity contribution in [3.05, 3.63) is 89.5 Å². The van der Waals surface area contributed by atoms with E-state index in [1.807, 2.05) is 38.1 Å². The largest absolute Gasteiger partial charge is 0.491 e. The third-order valence-corrected chi connectivity index (χ3v) is 6.69. The van der Waals surface area contributed by atoms with Crippen molar-refractivity contribution in [3.8, 4) is 5.75 Å². The molecule has 0 aromatic heterocycles. The summed E-state index contributed by atoms with van der Waals surface area (Å²) in [6.07, 6.45) is 0. The van der Waals surface area contributed by atoms with Gasteiger partial charge in [-0.2, -0.15) is 0 Å². The van der Waals surface area contributed by atoms with Crippen LogP contribution in [0.2, 0.25) is 0 Å². The number of carbonyl (C=O) groups excluding carboxylic acids is 1. The van der Waals surface area contributed by atoms with Gasteiger partial charge in [-0.3, -0.25) is 9.10 Å². The van der Waals surface area contributed by atoms with Crippen LogP contribution < -0.4 is 14.4 Å². The van der Waals surface area contributed by atoms with Gasteiger partial charge in [0.15, 0.2) is 0 Å². The van der Waals surface area contributed by atoms with Gasteiger partial charge in [-0.1, -0.05) is 48.0 Å².